The second kappa shape index (κ2) is 38.3. The van der Waals surface area contributed by atoms with Gasteiger partial charge < -0.3 is 19.6 Å². The summed E-state index contributed by atoms with van der Waals surface area (Å²) in [5.74, 6) is -0.434. The summed E-state index contributed by atoms with van der Waals surface area (Å²) in [7, 11) is 14.2. The predicted octanol–water partition coefficient (Wildman–Crippen LogP) is 14.8. The van der Waals surface area contributed by atoms with E-state index in [9.17, 15) is 42.7 Å². The molecule has 0 aliphatic heterocycles. The third-order valence-corrected chi connectivity index (χ3v) is 18.9. The molecule has 5 aromatic carbocycles. The predicted molar refractivity (Wildman–Crippen MR) is 435 cm³/mol. The fourth-order valence-corrected chi connectivity index (χ4v) is 12.5. The Bertz CT molecular complexity index is 4690. The van der Waals surface area contributed by atoms with Gasteiger partial charge in [-0.25, -0.2) is 4.39 Å². The van der Waals surface area contributed by atoms with Crippen LogP contribution in [-0.2, 0) is 73.1 Å². The van der Waals surface area contributed by atoms with E-state index in [2.05, 4.69) is 41.4 Å². The number of aromatic nitrogens is 11. The number of carbonyl (C=O) groups is 8. The largest absolute Gasteiger partial charge is 0.315 e. The van der Waals surface area contributed by atoms with E-state index in [-0.39, 0.29) is 65.3 Å². The Morgan fingerprint density at radius 3 is 0.946 bits per heavy atom. The molecule has 0 fully saturated rings. The van der Waals surface area contributed by atoms with Crippen LogP contribution in [0, 0.1) is 26.6 Å². The summed E-state index contributed by atoms with van der Waals surface area (Å²) in [5, 5.41) is 16.3. The van der Waals surface area contributed by atoms with E-state index in [0.29, 0.717) is 72.2 Å². The van der Waals surface area contributed by atoms with Gasteiger partial charge in [0.25, 0.3) is 0 Å². The third kappa shape index (κ3) is 21.6. The SMILES string of the molecule is CCC(=O)N(C)c1ccc(-c2ccc(C(=O)Cc3cnn(C)c3)cc2)cc1C.CCC(=O)N(C)c1ccc(-c2ccc(C(=O)Cc3cnn(C)c3)cn2)cc1C.CCC(=O)N(C)c1ccc(-c2ccc(C(=O)Cc3cnn(C)c3)cn2)cc1F.CCC(=O)N(C)c1ccc(-c2ccc(C(=O)Cc3cnn(C)c3)nc2)cc1C. The molecular weight excluding hydrogens is 1410 g/mol. The van der Waals surface area contributed by atoms with Crippen LogP contribution in [0.15, 0.2) is 202 Å². The smallest absolute Gasteiger partial charge is 0.226 e. The highest BCUT2D eigenvalue weighted by atomic mass is 19.1. The van der Waals surface area contributed by atoms with Crippen LogP contribution >= 0.6 is 0 Å². The minimum Gasteiger partial charge on any atom is -0.315 e. The van der Waals surface area contributed by atoms with Gasteiger partial charge >= 0.3 is 0 Å². The van der Waals surface area contributed by atoms with Gasteiger partial charge in [-0.15, -0.1) is 0 Å². The average Bonchev–Trinajstić information content (AvgIpc) is 1.18. The Morgan fingerprint density at radius 2 is 0.625 bits per heavy atom. The molecule has 23 nitrogen and oxygen atoms in total. The third-order valence-electron chi connectivity index (χ3n) is 18.9. The normalized spacial score (nSPS) is 10.7. The van der Waals surface area contributed by atoms with Crippen LogP contribution in [-0.4, -0.2) is 129 Å². The summed E-state index contributed by atoms with van der Waals surface area (Å²) < 4.78 is 21.2. The van der Waals surface area contributed by atoms with Crippen LogP contribution in [0.4, 0.5) is 27.1 Å². The molecule has 0 saturated heterocycles. The summed E-state index contributed by atoms with van der Waals surface area (Å²) in [5.41, 5.74) is 18.5. The van der Waals surface area contributed by atoms with Crippen molar-refractivity contribution in [2.24, 2.45) is 28.2 Å². The lowest BCUT2D eigenvalue weighted by atomic mass is 9.98. The van der Waals surface area contributed by atoms with Crippen molar-refractivity contribution >= 4 is 69.5 Å². The number of aryl methyl sites for hydroxylation is 7. The van der Waals surface area contributed by atoms with Gasteiger partial charge in [0.2, 0.25) is 23.6 Å². The lowest BCUT2D eigenvalue weighted by Crippen LogP contribution is -2.25. The Balaban J connectivity index is 0.000000171. The maximum absolute atomic E-state index is 14.5. The van der Waals surface area contributed by atoms with E-state index < -0.39 is 5.82 Å². The van der Waals surface area contributed by atoms with Gasteiger partial charge in [0.05, 0.1) is 41.9 Å². The van der Waals surface area contributed by atoms with Crippen molar-refractivity contribution in [3.63, 3.8) is 0 Å². The Morgan fingerprint density at radius 1 is 0.321 bits per heavy atom. The molecule has 0 saturated carbocycles. The molecule has 0 radical (unpaired) electrons. The zero-order valence-corrected chi connectivity index (χ0v) is 66.1. The number of pyridine rings is 3. The van der Waals surface area contributed by atoms with E-state index in [1.165, 1.54) is 17.2 Å². The van der Waals surface area contributed by atoms with E-state index in [1.807, 2.05) is 166 Å². The van der Waals surface area contributed by atoms with Crippen molar-refractivity contribution in [3.8, 4) is 44.8 Å². The lowest BCUT2D eigenvalue weighted by Gasteiger charge is -2.19. The quantitative estimate of drug-likeness (QED) is 0.0509. The molecular formula is C88H94FN15O8. The number of nitrogens with zero attached hydrogens (tertiary/aromatic N) is 15. The van der Waals surface area contributed by atoms with Crippen LogP contribution in [0.25, 0.3) is 44.8 Å². The van der Waals surface area contributed by atoms with Crippen LogP contribution in [0.3, 0.4) is 0 Å². The zero-order chi connectivity index (χ0) is 81.0. The highest BCUT2D eigenvalue weighted by molar-refractivity contribution is 6.01. The molecule has 4 amide bonds. The standard InChI is InChI=1S/C23H25N3O2.2C22H24N4O2.C21H21FN4O2/c1-5-23(28)26(4)21-11-10-20(12-16(21)2)18-6-8-19(9-7-18)22(27)13-17-14-24-25(3)15-17;1-5-22(28)26(4)20-9-7-17(10-15(20)2)19-8-6-18(13-23-19)21(27)11-16-12-24-25(3)14-16;1-5-22(28)26(4)20-9-7-17(10-15(20)2)18-6-8-19(23-13-18)21(27)11-16-12-24-25(3)14-16;1-4-21(28)26(3)19-8-6-15(10-17(19)22)18-7-5-16(12-23-18)20(27)9-14-11-24-25(2)13-14/h6-12,14-15H,5,13H2,1-4H3;2*6-10,12-14H,5,11H2,1-4H3;5-8,10-13H,4,9H2,1-3H3. The van der Waals surface area contributed by atoms with Gasteiger partial charge in [-0.3, -0.25) is 72.0 Å². The average molecular weight is 1510 g/mol. The van der Waals surface area contributed by atoms with Gasteiger partial charge in [0.15, 0.2) is 23.1 Å². The monoisotopic (exact) mass is 1510 g/mol. The fourth-order valence-electron chi connectivity index (χ4n) is 12.5. The van der Waals surface area contributed by atoms with Crippen LogP contribution in [0.1, 0.15) is 134 Å². The molecule has 0 spiro atoms. The summed E-state index contributed by atoms with van der Waals surface area (Å²) >= 11 is 0. The van der Waals surface area contributed by atoms with Gasteiger partial charge in [-0.2, -0.15) is 20.4 Å². The number of rotatable bonds is 24. The second-order valence-corrected chi connectivity index (χ2v) is 27.3. The Hall–Kier alpha value is -13.1. The minimum atomic E-state index is -0.500. The Kier molecular flexibility index (Phi) is 28.4. The molecule has 7 aromatic heterocycles. The molecule has 24 heteroatoms. The molecule has 0 N–H and O–H groups in total. The first-order chi connectivity index (χ1) is 53.5. The van der Waals surface area contributed by atoms with Gasteiger partial charge in [0.1, 0.15) is 11.5 Å². The zero-order valence-electron chi connectivity index (χ0n) is 66.1. The summed E-state index contributed by atoms with van der Waals surface area (Å²) in [6, 6.07) is 40.8. The molecule has 12 aromatic rings. The van der Waals surface area contributed by atoms with E-state index >= 15 is 0 Å². The van der Waals surface area contributed by atoms with Crippen LogP contribution < -0.4 is 19.6 Å². The number of hydrogen-bond acceptors (Lipinski definition) is 15. The number of amides is 4. The number of halogens is 1. The molecule has 0 atom stereocenters. The first-order valence-electron chi connectivity index (χ1n) is 36.8. The van der Waals surface area contributed by atoms with Crippen LogP contribution in [0.2, 0.25) is 0 Å². The minimum absolute atomic E-state index is 0.0123. The number of ketones is 4. The van der Waals surface area contributed by atoms with E-state index in [1.54, 1.807) is 155 Å². The highest BCUT2D eigenvalue weighted by Crippen LogP contribution is 2.32. The molecule has 0 unspecified atom stereocenters. The summed E-state index contributed by atoms with van der Waals surface area (Å²) in [6.07, 6.45) is 21.8. The number of benzene rings is 5. The number of Topliss-reactive ketones (excluding diaryl/α,β-unsaturated/α-hetero) is 4. The maximum atomic E-state index is 14.5. The molecule has 576 valence electrons. The van der Waals surface area contributed by atoms with Crippen molar-refractivity contribution in [2.75, 3.05) is 47.8 Å². The van der Waals surface area contributed by atoms with Gasteiger partial charge in [0, 0.05) is 202 Å². The fraction of sp³-hybridized carbons (Fsp3) is 0.261. The molecule has 0 bridgehead atoms. The first kappa shape index (κ1) is 82.9. The second-order valence-electron chi connectivity index (χ2n) is 27.3. The van der Waals surface area contributed by atoms with E-state index in [0.717, 1.165) is 89.5 Å². The molecule has 0 aliphatic carbocycles. The van der Waals surface area contributed by atoms with Gasteiger partial charge in [-0.1, -0.05) is 82.3 Å². The van der Waals surface area contributed by atoms with Crippen molar-refractivity contribution < 1.29 is 42.7 Å². The highest BCUT2D eigenvalue weighted by Gasteiger charge is 2.20. The van der Waals surface area contributed by atoms with E-state index in [4.69, 9.17) is 0 Å². The van der Waals surface area contributed by atoms with Crippen molar-refractivity contribution in [1.82, 2.24) is 54.1 Å². The maximum Gasteiger partial charge on any atom is 0.226 e. The molecule has 7 heterocycles. The van der Waals surface area contributed by atoms with Crippen molar-refractivity contribution in [3.05, 3.63) is 269 Å². The first-order valence-corrected chi connectivity index (χ1v) is 36.8. The van der Waals surface area contributed by atoms with Crippen LogP contribution in [0.5, 0.6) is 0 Å². The van der Waals surface area contributed by atoms with Crippen molar-refractivity contribution in [2.45, 2.75) is 99.8 Å². The Labute approximate surface area is 652 Å². The van der Waals surface area contributed by atoms with Gasteiger partial charge in [-0.05, 0) is 155 Å². The number of hydrogen-bond donors (Lipinski definition) is 0. The summed E-state index contributed by atoms with van der Waals surface area (Å²) in [4.78, 5) is 117. The molecule has 12 rings (SSSR count). The number of anilines is 4. The molecule has 112 heavy (non-hydrogen) atoms. The number of carbonyl (C=O) groups excluding carboxylic acids is 8. The van der Waals surface area contributed by atoms with Crippen molar-refractivity contribution in [1.29, 1.82) is 0 Å². The molecule has 0 aliphatic rings. The lowest BCUT2D eigenvalue weighted by molar-refractivity contribution is -0.118. The topological polar surface area (TPSA) is 259 Å². The summed E-state index contributed by atoms with van der Waals surface area (Å²) in [6.45, 7) is 13.3.